The molecule has 0 aromatic rings. The van der Waals surface area contributed by atoms with Crippen LogP contribution in [0.3, 0.4) is 0 Å². The zero-order valence-electron chi connectivity index (χ0n) is 12.5. The summed E-state index contributed by atoms with van der Waals surface area (Å²) < 4.78 is 0. The highest BCUT2D eigenvalue weighted by Gasteiger charge is 2.24. The Labute approximate surface area is 117 Å². The van der Waals surface area contributed by atoms with E-state index in [-0.39, 0.29) is 5.91 Å². The Bertz CT molecular complexity index is 281. The highest BCUT2D eigenvalue weighted by Crippen LogP contribution is 2.28. The van der Waals surface area contributed by atoms with Crippen LogP contribution in [0.5, 0.6) is 0 Å². The molecule has 0 aromatic carbocycles. The van der Waals surface area contributed by atoms with Crippen LogP contribution in [-0.4, -0.2) is 49.6 Å². The van der Waals surface area contributed by atoms with Gasteiger partial charge in [0.25, 0.3) is 0 Å². The fourth-order valence-electron chi connectivity index (χ4n) is 2.53. The van der Waals surface area contributed by atoms with Crippen LogP contribution < -0.4 is 10.6 Å². The number of amides is 1. The molecular weight excluding hydrogens is 238 g/mol. The summed E-state index contributed by atoms with van der Waals surface area (Å²) in [5, 5.41) is 6.66. The van der Waals surface area contributed by atoms with Gasteiger partial charge in [0.15, 0.2) is 0 Å². The van der Waals surface area contributed by atoms with Gasteiger partial charge in [-0.3, -0.25) is 9.69 Å². The number of piperidine rings is 1. The molecule has 1 aliphatic carbocycles. The summed E-state index contributed by atoms with van der Waals surface area (Å²) in [4.78, 5) is 14.0. The van der Waals surface area contributed by atoms with Crippen LogP contribution in [0.25, 0.3) is 0 Å². The molecule has 0 unspecified atom stereocenters. The lowest BCUT2D eigenvalue weighted by Crippen LogP contribution is -2.46. The van der Waals surface area contributed by atoms with E-state index in [1.165, 1.54) is 32.2 Å². The summed E-state index contributed by atoms with van der Waals surface area (Å²) in [6.45, 7) is 8.92. The molecule has 2 N–H and O–H groups in total. The average Bonchev–Trinajstić information content (AvgIpc) is 3.20. The molecule has 1 aliphatic heterocycles. The van der Waals surface area contributed by atoms with E-state index in [1.807, 2.05) is 0 Å². The minimum Gasteiger partial charge on any atom is -0.355 e. The zero-order valence-corrected chi connectivity index (χ0v) is 12.5. The number of carbonyl (C=O) groups excluding carboxylic acids is 1. The second-order valence-corrected chi connectivity index (χ2v) is 6.60. The van der Waals surface area contributed by atoms with Gasteiger partial charge in [0.2, 0.25) is 5.91 Å². The van der Waals surface area contributed by atoms with E-state index in [0.717, 1.165) is 25.6 Å². The fourth-order valence-corrected chi connectivity index (χ4v) is 2.53. The van der Waals surface area contributed by atoms with Gasteiger partial charge in [-0.15, -0.1) is 0 Å². The van der Waals surface area contributed by atoms with Crippen LogP contribution in [0.15, 0.2) is 0 Å². The van der Waals surface area contributed by atoms with Crippen molar-refractivity contribution < 1.29 is 4.79 Å². The Morgan fingerprint density at radius 1 is 1.21 bits per heavy atom. The second kappa shape index (κ2) is 7.25. The monoisotopic (exact) mass is 267 g/mol. The minimum absolute atomic E-state index is 0.179. The van der Waals surface area contributed by atoms with E-state index in [9.17, 15) is 4.79 Å². The first kappa shape index (κ1) is 14.8. The summed E-state index contributed by atoms with van der Waals surface area (Å²) in [5.74, 6) is 1.67. The van der Waals surface area contributed by atoms with Crippen LogP contribution in [0.1, 0.15) is 39.5 Å². The van der Waals surface area contributed by atoms with Crippen LogP contribution in [-0.2, 0) is 4.79 Å². The molecule has 19 heavy (non-hydrogen) atoms. The molecule has 1 heterocycles. The summed E-state index contributed by atoms with van der Waals surface area (Å²) in [6.07, 6.45) is 5.21. The van der Waals surface area contributed by atoms with Gasteiger partial charge < -0.3 is 10.6 Å². The lowest BCUT2D eigenvalue weighted by molar-refractivity contribution is -0.122. The van der Waals surface area contributed by atoms with E-state index in [1.54, 1.807) is 0 Å². The molecule has 0 bridgehead atoms. The molecular formula is C15H29N3O. The maximum Gasteiger partial charge on any atom is 0.234 e. The first-order valence-corrected chi connectivity index (χ1v) is 7.86. The van der Waals surface area contributed by atoms with Gasteiger partial charge >= 0.3 is 0 Å². The van der Waals surface area contributed by atoms with Crippen molar-refractivity contribution in [3.05, 3.63) is 0 Å². The summed E-state index contributed by atoms with van der Waals surface area (Å²) >= 11 is 0. The summed E-state index contributed by atoms with van der Waals surface area (Å²) in [7, 11) is 0. The highest BCUT2D eigenvalue weighted by molar-refractivity contribution is 5.78. The molecule has 0 aromatic heterocycles. The number of carbonyl (C=O) groups is 1. The number of hydrogen-bond acceptors (Lipinski definition) is 3. The normalized spacial score (nSPS) is 21.8. The van der Waals surface area contributed by atoms with Crippen LogP contribution in [0, 0.1) is 11.8 Å². The molecule has 2 fully saturated rings. The summed E-state index contributed by atoms with van der Waals surface area (Å²) in [6, 6.07) is 0.676. The van der Waals surface area contributed by atoms with Crippen molar-refractivity contribution in [1.29, 1.82) is 0 Å². The average molecular weight is 267 g/mol. The van der Waals surface area contributed by atoms with Gasteiger partial charge in [-0.2, -0.15) is 0 Å². The zero-order chi connectivity index (χ0) is 13.7. The van der Waals surface area contributed by atoms with Gasteiger partial charge in [0, 0.05) is 25.7 Å². The molecule has 1 amide bonds. The molecule has 0 atom stereocenters. The van der Waals surface area contributed by atoms with E-state index in [0.29, 0.717) is 18.5 Å². The molecule has 2 aliphatic rings. The SMILES string of the molecule is CC(C)CNC(=O)CN1CCC(NCC2CC2)CC1. The van der Waals surface area contributed by atoms with Gasteiger partial charge in [-0.25, -0.2) is 0 Å². The lowest BCUT2D eigenvalue weighted by atomic mass is 10.0. The van der Waals surface area contributed by atoms with Crippen molar-refractivity contribution in [2.45, 2.75) is 45.6 Å². The Balaban J connectivity index is 1.55. The molecule has 0 spiro atoms. The number of rotatable bonds is 7. The van der Waals surface area contributed by atoms with Crippen molar-refractivity contribution in [3.8, 4) is 0 Å². The highest BCUT2D eigenvalue weighted by atomic mass is 16.2. The quantitative estimate of drug-likeness (QED) is 0.729. The smallest absolute Gasteiger partial charge is 0.234 e. The standard InChI is InChI=1S/C15H29N3O/c1-12(2)9-17-15(19)11-18-7-5-14(6-8-18)16-10-13-3-4-13/h12-14,16H,3-11H2,1-2H3,(H,17,19). The van der Waals surface area contributed by atoms with E-state index in [2.05, 4.69) is 29.4 Å². The van der Waals surface area contributed by atoms with Gasteiger partial charge in [-0.05, 0) is 44.1 Å². The van der Waals surface area contributed by atoms with Gasteiger partial charge in [0.1, 0.15) is 0 Å². The predicted molar refractivity (Wildman–Crippen MR) is 78.0 cm³/mol. The third kappa shape index (κ3) is 5.91. The van der Waals surface area contributed by atoms with E-state index in [4.69, 9.17) is 0 Å². The van der Waals surface area contributed by atoms with Crippen LogP contribution in [0.2, 0.25) is 0 Å². The minimum atomic E-state index is 0.179. The van der Waals surface area contributed by atoms with E-state index >= 15 is 0 Å². The molecule has 110 valence electrons. The van der Waals surface area contributed by atoms with E-state index < -0.39 is 0 Å². The van der Waals surface area contributed by atoms with Gasteiger partial charge in [0.05, 0.1) is 6.54 Å². The van der Waals surface area contributed by atoms with Crippen LogP contribution in [0.4, 0.5) is 0 Å². The first-order chi connectivity index (χ1) is 9.13. The third-order valence-corrected chi connectivity index (χ3v) is 4.05. The molecule has 2 rings (SSSR count). The number of hydrogen-bond donors (Lipinski definition) is 2. The Hall–Kier alpha value is -0.610. The van der Waals surface area contributed by atoms with Crippen molar-refractivity contribution in [3.63, 3.8) is 0 Å². The lowest BCUT2D eigenvalue weighted by Gasteiger charge is -2.32. The molecule has 1 saturated heterocycles. The fraction of sp³-hybridized carbons (Fsp3) is 0.933. The van der Waals surface area contributed by atoms with Gasteiger partial charge in [-0.1, -0.05) is 13.8 Å². The molecule has 4 heteroatoms. The molecule has 4 nitrogen and oxygen atoms in total. The maximum absolute atomic E-state index is 11.8. The van der Waals surface area contributed by atoms with Crippen molar-refractivity contribution in [2.75, 3.05) is 32.7 Å². The molecule has 0 radical (unpaired) electrons. The maximum atomic E-state index is 11.8. The first-order valence-electron chi connectivity index (χ1n) is 7.86. The number of nitrogens with zero attached hydrogens (tertiary/aromatic N) is 1. The second-order valence-electron chi connectivity index (χ2n) is 6.60. The number of nitrogens with one attached hydrogen (secondary N) is 2. The number of likely N-dealkylation sites (tertiary alicyclic amines) is 1. The summed E-state index contributed by atoms with van der Waals surface area (Å²) in [5.41, 5.74) is 0. The van der Waals surface area contributed by atoms with Crippen LogP contribution >= 0.6 is 0 Å². The van der Waals surface area contributed by atoms with Crippen molar-refractivity contribution in [1.82, 2.24) is 15.5 Å². The van der Waals surface area contributed by atoms with Crippen molar-refractivity contribution >= 4 is 5.91 Å². The van der Waals surface area contributed by atoms with Crippen molar-refractivity contribution in [2.24, 2.45) is 11.8 Å². The Morgan fingerprint density at radius 3 is 2.47 bits per heavy atom. The molecule has 1 saturated carbocycles. The Kier molecular flexibility index (Phi) is 5.64. The largest absolute Gasteiger partial charge is 0.355 e. The topological polar surface area (TPSA) is 44.4 Å². The Morgan fingerprint density at radius 2 is 1.89 bits per heavy atom. The third-order valence-electron chi connectivity index (χ3n) is 4.05. The predicted octanol–water partition coefficient (Wildman–Crippen LogP) is 1.22.